The van der Waals surface area contributed by atoms with Crippen molar-refractivity contribution in [2.24, 2.45) is 5.92 Å². The predicted molar refractivity (Wildman–Crippen MR) is 73.8 cm³/mol. The molecule has 1 fully saturated rings. The molecule has 1 rings (SSSR count). The SMILES string of the molecule is CCSC1CC(=O)C(CCCCCC(C)=O)C1=O. The average molecular weight is 270 g/mol. The molecular formula is C14H22O3S. The van der Waals surface area contributed by atoms with Gasteiger partial charge in [0.25, 0.3) is 0 Å². The van der Waals surface area contributed by atoms with Crippen molar-refractivity contribution in [1.82, 2.24) is 0 Å². The van der Waals surface area contributed by atoms with Crippen LogP contribution in [0.25, 0.3) is 0 Å². The summed E-state index contributed by atoms with van der Waals surface area (Å²) in [5.41, 5.74) is 0. The van der Waals surface area contributed by atoms with Gasteiger partial charge in [0, 0.05) is 12.8 Å². The van der Waals surface area contributed by atoms with Crippen LogP contribution in [-0.2, 0) is 14.4 Å². The first-order valence-electron chi connectivity index (χ1n) is 6.73. The summed E-state index contributed by atoms with van der Waals surface area (Å²) in [5, 5.41) is -0.0929. The second-order valence-electron chi connectivity index (χ2n) is 4.87. The molecule has 0 spiro atoms. The standard InChI is InChI=1S/C14H22O3S/c1-3-18-13-9-12(16)11(14(13)17)8-6-4-5-7-10(2)15/h11,13H,3-9H2,1-2H3. The highest BCUT2D eigenvalue weighted by Gasteiger charge is 2.40. The lowest BCUT2D eigenvalue weighted by Crippen LogP contribution is -2.18. The molecule has 0 bridgehead atoms. The average Bonchev–Trinajstić information content (AvgIpc) is 2.56. The molecule has 2 unspecified atom stereocenters. The molecule has 4 heteroatoms. The minimum Gasteiger partial charge on any atom is -0.300 e. The molecule has 102 valence electrons. The van der Waals surface area contributed by atoms with Crippen molar-refractivity contribution in [2.75, 3.05) is 5.75 Å². The molecule has 3 nitrogen and oxygen atoms in total. The van der Waals surface area contributed by atoms with Crippen molar-refractivity contribution >= 4 is 29.1 Å². The Hall–Kier alpha value is -0.640. The van der Waals surface area contributed by atoms with Gasteiger partial charge in [-0.3, -0.25) is 9.59 Å². The number of Topliss-reactive ketones (excluding diaryl/α,β-unsaturated/α-hetero) is 3. The van der Waals surface area contributed by atoms with Gasteiger partial charge >= 0.3 is 0 Å². The van der Waals surface area contributed by atoms with E-state index in [0.717, 1.165) is 25.0 Å². The lowest BCUT2D eigenvalue weighted by atomic mass is 9.97. The first-order valence-corrected chi connectivity index (χ1v) is 7.78. The molecule has 0 aromatic rings. The number of hydrogen-bond acceptors (Lipinski definition) is 4. The molecule has 0 radical (unpaired) electrons. The Morgan fingerprint density at radius 1 is 1.28 bits per heavy atom. The number of thioether (sulfide) groups is 1. The summed E-state index contributed by atoms with van der Waals surface area (Å²) in [6.45, 7) is 3.61. The Kier molecular flexibility index (Phi) is 6.61. The molecule has 18 heavy (non-hydrogen) atoms. The summed E-state index contributed by atoms with van der Waals surface area (Å²) < 4.78 is 0. The molecule has 0 saturated heterocycles. The first kappa shape index (κ1) is 15.4. The van der Waals surface area contributed by atoms with E-state index < -0.39 is 0 Å². The molecule has 0 aromatic carbocycles. The second kappa shape index (κ2) is 7.72. The van der Waals surface area contributed by atoms with Crippen molar-refractivity contribution in [1.29, 1.82) is 0 Å². The fourth-order valence-electron chi connectivity index (χ4n) is 2.35. The Morgan fingerprint density at radius 3 is 2.61 bits per heavy atom. The summed E-state index contributed by atoms with van der Waals surface area (Å²) in [4.78, 5) is 34.5. The number of carbonyl (C=O) groups is 3. The van der Waals surface area contributed by atoms with Gasteiger partial charge in [-0.1, -0.05) is 19.8 Å². The lowest BCUT2D eigenvalue weighted by Gasteiger charge is -2.08. The van der Waals surface area contributed by atoms with Crippen LogP contribution in [0.5, 0.6) is 0 Å². The van der Waals surface area contributed by atoms with E-state index in [1.165, 1.54) is 0 Å². The Morgan fingerprint density at radius 2 is 2.00 bits per heavy atom. The summed E-state index contributed by atoms with van der Waals surface area (Å²) in [7, 11) is 0. The van der Waals surface area contributed by atoms with E-state index in [0.29, 0.717) is 19.3 Å². The highest BCUT2D eigenvalue weighted by atomic mass is 32.2. The van der Waals surface area contributed by atoms with E-state index in [1.807, 2.05) is 6.92 Å². The summed E-state index contributed by atoms with van der Waals surface area (Å²) in [6.07, 6.45) is 4.39. The van der Waals surface area contributed by atoms with Crippen LogP contribution in [-0.4, -0.2) is 28.4 Å². The molecular weight excluding hydrogens is 248 g/mol. The second-order valence-corrected chi connectivity index (χ2v) is 6.35. The fraction of sp³-hybridized carbons (Fsp3) is 0.786. The Balaban J connectivity index is 2.27. The number of hydrogen-bond donors (Lipinski definition) is 0. The van der Waals surface area contributed by atoms with Crippen LogP contribution in [0.1, 0.15) is 52.4 Å². The van der Waals surface area contributed by atoms with Crippen molar-refractivity contribution < 1.29 is 14.4 Å². The first-order chi connectivity index (χ1) is 8.56. The zero-order valence-corrected chi connectivity index (χ0v) is 12.1. The van der Waals surface area contributed by atoms with Gasteiger partial charge in [0.15, 0.2) is 5.78 Å². The fourth-order valence-corrected chi connectivity index (χ4v) is 3.37. The van der Waals surface area contributed by atoms with Gasteiger partial charge in [-0.25, -0.2) is 0 Å². The van der Waals surface area contributed by atoms with Crippen LogP contribution < -0.4 is 0 Å². The predicted octanol–water partition coefficient (Wildman–Crippen LogP) is 2.81. The van der Waals surface area contributed by atoms with Crippen molar-refractivity contribution in [3.05, 3.63) is 0 Å². The summed E-state index contributed by atoms with van der Waals surface area (Å²) in [6, 6.07) is 0. The largest absolute Gasteiger partial charge is 0.300 e. The Bertz CT molecular complexity index is 325. The zero-order chi connectivity index (χ0) is 13.5. The topological polar surface area (TPSA) is 51.2 Å². The van der Waals surface area contributed by atoms with Crippen LogP contribution in [0, 0.1) is 5.92 Å². The number of ketones is 3. The van der Waals surface area contributed by atoms with Gasteiger partial charge < -0.3 is 4.79 Å². The molecule has 0 aromatic heterocycles. The van der Waals surface area contributed by atoms with E-state index in [-0.39, 0.29) is 28.5 Å². The van der Waals surface area contributed by atoms with E-state index in [1.54, 1.807) is 18.7 Å². The van der Waals surface area contributed by atoms with E-state index in [9.17, 15) is 14.4 Å². The van der Waals surface area contributed by atoms with Gasteiger partial charge in [0.05, 0.1) is 11.2 Å². The molecule has 2 atom stereocenters. The maximum atomic E-state index is 12.0. The van der Waals surface area contributed by atoms with Crippen LogP contribution in [0.3, 0.4) is 0 Å². The van der Waals surface area contributed by atoms with Gasteiger partial charge in [0.2, 0.25) is 0 Å². The van der Waals surface area contributed by atoms with E-state index in [2.05, 4.69) is 0 Å². The maximum absolute atomic E-state index is 12.0. The van der Waals surface area contributed by atoms with Crippen LogP contribution in [0.15, 0.2) is 0 Å². The van der Waals surface area contributed by atoms with Crippen LogP contribution in [0.2, 0.25) is 0 Å². The lowest BCUT2D eigenvalue weighted by molar-refractivity contribution is -0.127. The van der Waals surface area contributed by atoms with Crippen LogP contribution >= 0.6 is 11.8 Å². The number of unbranched alkanes of at least 4 members (excludes halogenated alkanes) is 2. The highest BCUT2D eigenvalue weighted by Crippen LogP contribution is 2.31. The van der Waals surface area contributed by atoms with Gasteiger partial charge in [-0.15, -0.1) is 0 Å². The third-order valence-corrected chi connectivity index (χ3v) is 4.46. The zero-order valence-electron chi connectivity index (χ0n) is 11.2. The van der Waals surface area contributed by atoms with Crippen molar-refractivity contribution in [2.45, 2.75) is 57.6 Å². The monoisotopic (exact) mass is 270 g/mol. The van der Waals surface area contributed by atoms with Crippen molar-refractivity contribution in [3.8, 4) is 0 Å². The smallest absolute Gasteiger partial charge is 0.156 e. The molecule has 1 aliphatic rings. The molecule has 1 aliphatic carbocycles. The van der Waals surface area contributed by atoms with Gasteiger partial charge in [-0.2, -0.15) is 11.8 Å². The van der Waals surface area contributed by atoms with E-state index >= 15 is 0 Å². The quantitative estimate of drug-likeness (QED) is 0.503. The van der Waals surface area contributed by atoms with Crippen LogP contribution in [0.4, 0.5) is 0 Å². The molecule has 0 aliphatic heterocycles. The molecule has 0 heterocycles. The summed E-state index contributed by atoms with van der Waals surface area (Å²) in [5.74, 6) is 0.999. The summed E-state index contributed by atoms with van der Waals surface area (Å²) >= 11 is 1.59. The number of carbonyl (C=O) groups excluding carboxylic acids is 3. The Labute approximate surface area is 113 Å². The van der Waals surface area contributed by atoms with Crippen molar-refractivity contribution in [3.63, 3.8) is 0 Å². The van der Waals surface area contributed by atoms with Gasteiger partial charge in [-0.05, 0) is 25.5 Å². The van der Waals surface area contributed by atoms with E-state index in [4.69, 9.17) is 0 Å². The normalized spacial score (nSPS) is 23.7. The molecule has 0 amide bonds. The molecule has 0 N–H and O–H groups in total. The van der Waals surface area contributed by atoms with Gasteiger partial charge in [0.1, 0.15) is 11.6 Å². The minimum absolute atomic E-state index is 0.0929. The maximum Gasteiger partial charge on any atom is 0.156 e. The highest BCUT2D eigenvalue weighted by molar-refractivity contribution is 8.00. The number of rotatable bonds is 8. The molecule has 1 saturated carbocycles. The third-order valence-electron chi connectivity index (χ3n) is 3.33. The minimum atomic E-state index is -0.355. The third kappa shape index (κ3) is 4.56.